The van der Waals surface area contributed by atoms with Crippen LogP contribution < -0.4 is 5.32 Å². The summed E-state index contributed by atoms with van der Waals surface area (Å²) in [7, 11) is 0. The molecule has 5 aliphatic rings. The Balaban J connectivity index is 1.13. The Morgan fingerprint density at radius 2 is 1.66 bits per heavy atom. The van der Waals surface area contributed by atoms with Gasteiger partial charge in [0, 0.05) is 19.0 Å². The molecular formula is C25H30N2O5. The van der Waals surface area contributed by atoms with Crippen LogP contribution in [0.2, 0.25) is 0 Å². The molecule has 4 saturated carbocycles. The van der Waals surface area contributed by atoms with E-state index in [-0.39, 0.29) is 35.8 Å². The molecule has 4 aliphatic carbocycles. The lowest BCUT2D eigenvalue weighted by atomic mass is 9.47. The molecule has 4 fully saturated rings. The fourth-order valence-corrected chi connectivity index (χ4v) is 7.15. The number of esters is 1. The van der Waals surface area contributed by atoms with Gasteiger partial charge in [-0.15, -0.1) is 0 Å². The Bertz CT molecular complexity index is 937. The number of benzene rings is 1. The van der Waals surface area contributed by atoms with E-state index >= 15 is 0 Å². The van der Waals surface area contributed by atoms with Gasteiger partial charge in [-0.1, -0.05) is 12.1 Å². The number of nitrogens with zero attached hydrogens (tertiary/aromatic N) is 1. The second-order valence-corrected chi connectivity index (χ2v) is 10.4. The maximum absolute atomic E-state index is 13.1. The first-order valence-corrected chi connectivity index (χ1v) is 11.7. The lowest BCUT2D eigenvalue weighted by molar-refractivity contribution is -0.176. The van der Waals surface area contributed by atoms with Gasteiger partial charge in [-0.25, -0.2) is 0 Å². The van der Waals surface area contributed by atoms with Gasteiger partial charge in [0.1, 0.15) is 0 Å². The van der Waals surface area contributed by atoms with Crippen LogP contribution in [0.15, 0.2) is 24.3 Å². The lowest BCUT2D eigenvalue weighted by Gasteiger charge is -2.60. The first-order valence-electron chi connectivity index (χ1n) is 11.7. The van der Waals surface area contributed by atoms with Crippen LogP contribution in [0.3, 0.4) is 0 Å². The first kappa shape index (κ1) is 21.2. The molecule has 4 bridgehead atoms. The fourth-order valence-electron chi connectivity index (χ4n) is 7.15. The Hall–Kier alpha value is -2.70. The molecule has 7 nitrogen and oxygen atoms in total. The van der Waals surface area contributed by atoms with Crippen LogP contribution in [0.1, 0.15) is 79.0 Å². The molecule has 3 amide bonds. The second kappa shape index (κ2) is 7.71. The predicted molar refractivity (Wildman–Crippen MR) is 116 cm³/mol. The van der Waals surface area contributed by atoms with Crippen LogP contribution in [0.5, 0.6) is 0 Å². The third kappa shape index (κ3) is 3.51. The molecule has 6 rings (SSSR count). The van der Waals surface area contributed by atoms with Crippen LogP contribution in [0.25, 0.3) is 0 Å². The van der Waals surface area contributed by atoms with E-state index < -0.39 is 5.41 Å². The highest BCUT2D eigenvalue weighted by Gasteiger charge is 2.61. The molecule has 0 saturated heterocycles. The maximum atomic E-state index is 13.1. The Labute approximate surface area is 187 Å². The third-order valence-electron chi connectivity index (χ3n) is 7.82. The molecule has 1 heterocycles. The molecule has 0 radical (unpaired) electrons. The minimum atomic E-state index is -0.477. The number of carbonyl (C=O) groups excluding carboxylic acids is 4. The van der Waals surface area contributed by atoms with Gasteiger partial charge < -0.3 is 10.1 Å². The predicted octanol–water partition coefficient (Wildman–Crippen LogP) is 3.08. The number of ether oxygens (including phenoxy) is 1. The fraction of sp³-hybridized carbons (Fsp3) is 0.600. The highest BCUT2D eigenvalue weighted by molar-refractivity contribution is 6.21. The number of unbranched alkanes of at least 4 members (excludes halogenated alkanes) is 1. The van der Waals surface area contributed by atoms with Crippen molar-refractivity contribution in [1.82, 2.24) is 10.2 Å². The maximum Gasteiger partial charge on any atom is 0.312 e. The highest BCUT2D eigenvalue weighted by atomic mass is 16.5. The summed E-state index contributed by atoms with van der Waals surface area (Å²) < 4.78 is 5.72. The molecule has 7 heteroatoms. The van der Waals surface area contributed by atoms with Crippen molar-refractivity contribution in [2.24, 2.45) is 17.3 Å². The lowest BCUT2D eigenvalue weighted by Crippen LogP contribution is -2.64. The van der Waals surface area contributed by atoms with Gasteiger partial charge >= 0.3 is 5.97 Å². The number of fused-ring (bicyclic) bond motifs is 1. The standard InChI is InChI=1S/C25H30N2O5/c1-16(28)26-25-13-17-10-18(14-25)12-24(11-17,15-25)23(31)32-9-5-4-8-27-21(29)19-6-2-3-7-20(19)22(27)30/h2-3,6-7,17-18H,4-5,8-15H2,1H3,(H,26,28)/t17-,18+,24?,25?. The topological polar surface area (TPSA) is 92.8 Å². The zero-order valence-electron chi connectivity index (χ0n) is 18.5. The highest BCUT2D eigenvalue weighted by Crippen LogP contribution is 2.62. The third-order valence-corrected chi connectivity index (χ3v) is 7.82. The van der Waals surface area contributed by atoms with Gasteiger partial charge in [-0.2, -0.15) is 0 Å². The van der Waals surface area contributed by atoms with Crippen LogP contribution in [0, 0.1) is 17.3 Å². The number of hydrogen-bond acceptors (Lipinski definition) is 5. The normalized spacial score (nSPS) is 32.2. The summed E-state index contributed by atoms with van der Waals surface area (Å²) in [5, 5.41) is 3.17. The summed E-state index contributed by atoms with van der Waals surface area (Å²) >= 11 is 0. The van der Waals surface area contributed by atoms with Crippen LogP contribution >= 0.6 is 0 Å². The minimum absolute atomic E-state index is 0.0244. The van der Waals surface area contributed by atoms with Crippen molar-refractivity contribution in [3.63, 3.8) is 0 Å². The van der Waals surface area contributed by atoms with Crippen LogP contribution in [0.4, 0.5) is 0 Å². The van der Waals surface area contributed by atoms with Gasteiger partial charge in [0.2, 0.25) is 5.91 Å². The summed E-state index contributed by atoms with van der Waals surface area (Å²) in [5.74, 6) is 0.290. The Morgan fingerprint density at radius 1 is 1.03 bits per heavy atom. The van der Waals surface area contributed by atoms with E-state index in [1.165, 1.54) is 4.90 Å². The quantitative estimate of drug-likeness (QED) is 0.401. The number of hydrogen-bond donors (Lipinski definition) is 1. The molecule has 2 unspecified atom stereocenters. The van der Waals surface area contributed by atoms with E-state index in [1.54, 1.807) is 31.2 Å². The summed E-state index contributed by atoms with van der Waals surface area (Å²) in [4.78, 5) is 51.1. The van der Waals surface area contributed by atoms with Crippen LogP contribution in [-0.2, 0) is 14.3 Å². The van der Waals surface area contributed by atoms with Crippen molar-refractivity contribution < 1.29 is 23.9 Å². The molecule has 1 aromatic rings. The average molecular weight is 439 g/mol. The van der Waals surface area contributed by atoms with Gasteiger partial charge in [0.15, 0.2) is 0 Å². The molecule has 0 aromatic heterocycles. The first-order chi connectivity index (χ1) is 15.3. The van der Waals surface area contributed by atoms with Crippen molar-refractivity contribution in [2.75, 3.05) is 13.2 Å². The van der Waals surface area contributed by atoms with Crippen molar-refractivity contribution >= 4 is 23.7 Å². The number of carbonyl (C=O) groups is 4. The van der Waals surface area contributed by atoms with Crippen molar-refractivity contribution in [2.45, 2.75) is 63.8 Å². The van der Waals surface area contributed by atoms with E-state index in [2.05, 4.69) is 5.32 Å². The van der Waals surface area contributed by atoms with Gasteiger partial charge in [-0.3, -0.25) is 24.1 Å². The Morgan fingerprint density at radius 3 is 2.25 bits per heavy atom. The number of imide groups is 1. The van der Waals surface area contributed by atoms with E-state index in [4.69, 9.17) is 4.74 Å². The van der Waals surface area contributed by atoms with Gasteiger partial charge in [-0.05, 0) is 75.3 Å². The molecule has 32 heavy (non-hydrogen) atoms. The van der Waals surface area contributed by atoms with Crippen molar-refractivity contribution in [3.8, 4) is 0 Å². The Kier molecular flexibility index (Phi) is 5.10. The monoisotopic (exact) mass is 438 g/mol. The number of amides is 3. The summed E-state index contributed by atoms with van der Waals surface area (Å²) in [6.45, 7) is 2.16. The molecule has 1 aromatic carbocycles. The second-order valence-electron chi connectivity index (χ2n) is 10.4. The average Bonchev–Trinajstić information content (AvgIpc) is 2.96. The van der Waals surface area contributed by atoms with E-state index in [0.29, 0.717) is 48.8 Å². The van der Waals surface area contributed by atoms with Gasteiger partial charge in [0.05, 0.1) is 23.1 Å². The zero-order chi connectivity index (χ0) is 22.5. The number of nitrogens with one attached hydrogen (secondary N) is 1. The summed E-state index contributed by atoms with van der Waals surface area (Å²) in [6, 6.07) is 6.87. The zero-order valence-corrected chi connectivity index (χ0v) is 18.5. The van der Waals surface area contributed by atoms with E-state index in [0.717, 1.165) is 32.1 Å². The van der Waals surface area contributed by atoms with E-state index in [9.17, 15) is 19.2 Å². The molecule has 0 spiro atoms. The summed E-state index contributed by atoms with van der Waals surface area (Å²) in [6.07, 6.45) is 6.68. The van der Waals surface area contributed by atoms with E-state index in [1.807, 2.05) is 0 Å². The summed E-state index contributed by atoms with van der Waals surface area (Å²) in [5.41, 5.74) is 0.188. The van der Waals surface area contributed by atoms with Crippen molar-refractivity contribution in [1.29, 1.82) is 0 Å². The SMILES string of the molecule is CC(=O)NC12C[C@H]3C[C@@H](C1)CC(C(=O)OCCCCN1C(=O)c4ccccc4C1=O)(C3)C2. The van der Waals surface area contributed by atoms with Crippen molar-refractivity contribution in [3.05, 3.63) is 35.4 Å². The molecule has 1 aliphatic heterocycles. The molecule has 170 valence electrons. The molecule has 4 atom stereocenters. The molecule has 1 N–H and O–H groups in total. The minimum Gasteiger partial charge on any atom is -0.465 e. The van der Waals surface area contributed by atoms with Gasteiger partial charge in [0.25, 0.3) is 11.8 Å². The molecular weight excluding hydrogens is 408 g/mol. The number of rotatable bonds is 7. The smallest absolute Gasteiger partial charge is 0.312 e. The van der Waals surface area contributed by atoms with Crippen LogP contribution in [-0.4, -0.2) is 47.3 Å². The largest absolute Gasteiger partial charge is 0.465 e.